The summed E-state index contributed by atoms with van der Waals surface area (Å²) in [5.41, 5.74) is 2.40. The maximum atomic E-state index is 13.6. The van der Waals surface area contributed by atoms with Crippen LogP contribution in [0.3, 0.4) is 0 Å². The molecule has 0 aliphatic carbocycles. The maximum Gasteiger partial charge on any atom is 0.250 e. The molecule has 2 aliphatic heterocycles. The molecule has 0 N–H and O–H groups in total. The van der Waals surface area contributed by atoms with Crippen LogP contribution in [0.4, 0.5) is 0 Å². The SMILES string of the molecule is Cc1ccc(C)c(S(=O)(=O)N2CCN(C(=O)C(c3ccccc3)N3CCCCC3=O)CC2)c1. The molecule has 0 spiro atoms. The van der Waals surface area contributed by atoms with Crippen LogP contribution in [0.5, 0.6) is 0 Å². The number of likely N-dealkylation sites (tertiary alicyclic amines) is 1. The Bertz CT molecular complexity index is 1130. The van der Waals surface area contributed by atoms with E-state index >= 15 is 0 Å². The van der Waals surface area contributed by atoms with Crippen LogP contribution in [0.1, 0.15) is 42.0 Å². The van der Waals surface area contributed by atoms with Crippen LogP contribution in [0, 0.1) is 13.8 Å². The van der Waals surface area contributed by atoms with Gasteiger partial charge in [0.2, 0.25) is 21.8 Å². The van der Waals surface area contributed by atoms with E-state index in [1.165, 1.54) is 4.31 Å². The molecule has 176 valence electrons. The van der Waals surface area contributed by atoms with Crippen molar-refractivity contribution in [3.8, 4) is 0 Å². The number of hydrogen-bond donors (Lipinski definition) is 0. The van der Waals surface area contributed by atoms with E-state index in [9.17, 15) is 18.0 Å². The Labute approximate surface area is 196 Å². The lowest BCUT2D eigenvalue weighted by atomic mass is 9.99. The minimum Gasteiger partial charge on any atom is -0.338 e. The number of benzene rings is 2. The number of hydrogen-bond acceptors (Lipinski definition) is 4. The van der Waals surface area contributed by atoms with E-state index in [-0.39, 0.29) is 24.9 Å². The van der Waals surface area contributed by atoms with E-state index in [1.807, 2.05) is 49.4 Å². The second-order valence-electron chi connectivity index (χ2n) is 8.86. The van der Waals surface area contributed by atoms with Crippen LogP contribution < -0.4 is 0 Å². The number of piperazine rings is 1. The van der Waals surface area contributed by atoms with E-state index in [0.29, 0.717) is 36.5 Å². The summed E-state index contributed by atoms with van der Waals surface area (Å²) in [5, 5.41) is 0. The fraction of sp³-hybridized carbons (Fsp3) is 0.440. The van der Waals surface area contributed by atoms with Gasteiger partial charge in [-0.05, 0) is 49.4 Å². The third kappa shape index (κ3) is 4.82. The number of aryl methyl sites for hydroxylation is 2. The van der Waals surface area contributed by atoms with Crippen LogP contribution in [0.15, 0.2) is 53.4 Å². The molecule has 2 aromatic rings. The Morgan fingerprint density at radius 3 is 2.27 bits per heavy atom. The smallest absolute Gasteiger partial charge is 0.250 e. The zero-order valence-corrected chi connectivity index (χ0v) is 20.1. The van der Waals surface area contributed by atoms with Crippen molar-refractivity contribution in [2.45, 2.75) is 44.0 Å². The summed E-state index contributed by atoms with van der Waals surface area (Å²) in [4.78, 5) is 30.0. The molecule has 2 aromatic carbocycles. The Balaban J connectivity index is 1.52. The molecule has 2 amide bonds. The summed E-state index contributed by atoms with van der Waals surface area (Å²) in [7, 11) is -3.64. The molecule has 8 heteroatoms. The summed E-state index contributed by atoms with van der Waals surface area (Å²) in [6, 6.07) is 14.2. The monoisotopic (exact) mass is 469 g/mol. The van der Waals surface area contributed by atoms with Crippen molar-refractivity contribution in [2.75, 3.05) is 32.7 Å². The van der Waals surface area contributed by atoms with Gasteiger partial charge in [-0.2, -0.15) is 4.31 Å². The van der Waals surface area contributed by atoms with Gasteiger partial charge in [0, 0.05) is 39.1 Å². The lowest BCUT2D eigenvalue weighted by molar-refractivity contribution is -0.148. The highest BCUT2D eigenvalue weighted by molar-refractivity contribution is 7.89. The lowest BCUT2D eigenvalue weighted by Crippen LogP contribution is -2.54. The molecule has 0 bridgehead atoms. The first-order chi connectivity index (χ1) is 15.8. The molecule has 4 rings (SSSR count). The second-order valence-corrected chi connectivity index (χ2v) is 10.8. The predicted molar refractivity (Wildman–Crippen MR) is 126 cm³/mol. The van der Waals surface area contributed by atoms with Crippen molar-refractivity contribution in [1.82, 2.24) is 14.1 Å². The Kier molecular flexibility index (Phi) is 6.86. The summed E-state index contributed by atoms with van der Waals surface area (Å²) in [5.74, 6) is -0.139. The van der Waals surface area contributed by atoms with Gasteiger partial charge in [-0.15, -0.1) is 0 Å². The number of carbonyl (C=O) groups excluding carboxylic acids is 2. The van der Waals surface area contributed by atoms with Crippen LogP contribution >= 0.6 is 0 Å². The van der Waals surface area contributed by atoms with Gasteiger partial charge in [0.1, 0.15) is 6.04 Å². The largest absolute Gasteiger partial charge is 0.338 e. The molecule has 7 nitrogen and oxygen atoms in total. The average molecular weight is 470 g/mol. The molecule has 2 heterocycles. The van der Waals surface area contributed by atoms with E-state index in [4.69, 9.17) is 0 Å². The fourth-order valence-electron chi connectivity index (χ4n) is 4.64. The highest BCUT2D eigenvalue weighted by atomic mass is 32.2. The molecule has 2 fully saturated rings. The number of rotatable bonds is 5. The topological polar surface area (TPSA) is 78.0 Å². The van der Waals surface area contributed by atoms with E-state index in [2.05, 4.69) is 0 Å². The number of nitrogens with zero attached hydrogens (tertiary/aromatic N) is 3. The number of piperidine rings is 1. The van der Waals surface area contributed by atoms with Gasteiger partial charge < -0.3 is 9.80 Å². The summed E-state index contributed by atoms with van der Waals surface area (Å²) in [6.45, 7) is 5.30. The standard InChI is InChI=1S/C25H31N3O4S/c1-19-11-12-20(2)22(18-19)33(31,32)27-16-14-26(15-17-27)25(30)24(21-8-4-3-5-9-21)28-13-7-6-10-23(28)29/h3-5,8-9,11-12,18,24H,6-7,10,13-17H2,1-2H3. The second kappa shape index (κ2) is 9.65. The molecule has 2 saturated heterocycles. The number of carbonyl (C=O) groups is 2. The quantitative estimate of drug-likeness (QED) is 0.675. The van der Waals surface area contributed by atoms with Crippen molar-refractivity contribution in [3.05, 3.63) is 65.2 Å². The first kappa shape index (κ1) is 23.4. The molecule has 2 aliphatic rings. The molecule has 1 unspecified atom stereocenters. The summed E-state index contributed by atoms with van der Waals surface area (Å²) in [6.07, 6.45) is 2.18. The average Bonchev–Trinajstić information content (AvgIpc) is 2.82. The predicted octanol–water partition coefficient (Wildman–Crippen LogP) is 2.89. The molecular formula is C25H31N3O4S. The van der Waals surface area contributed by atoms with E-state index < -0.39 is 16.1 Å². The maximum absolute atomic E-state index is 13.6. The molecule has 33 heavy (non-hydrogen) atoms. The van der Waals surface area contributed by atoms with Gasteiger partial charge in [0.15, 0.2) is 0 Å². The van der Waals surface area contributed by atoms with E-state index in [0.717, 1.165) is 24.0 Å². The summed E-state index contributed by atoms with van der Waals surface area (Å²) >= 11 is 0. The Morgan fingerprint density at radius 2 is 1.61 bits per heavy atom. The molecule has 0 saturated carbocycles. The van der Waals surface area contributed by atoms with Gasteiger partial charge in [-0.3, -0.25) is 9.59 Å². The van der Waals surface area contributed by atoms with Crippen molar-refractivity contribution < 1.29 is 18.0 Å². The number of amides is 2. The highest BCUT2D eigenvalue weighted by Crippen LogP contribution is 2.29. The van der Waals surface area contributed by atoms with Gasteiger partial charge >= 0.3 is 0 Å². The Hall–Kier alpha value is -2.71. The van der Waals surface area contributed by atoms with Crippen molar-refractivity contribution in [3.63, 3.8) is 0 Å². The third-order valence-corrected chi connectivity index (χ3v) is 8.57. The van der Waals surface area contributed by atoms with E-state index in [1.54, 1.807) is 22.8 Å². The first-order valence-electron chi connectivity index (χ1n) is 11.5. The highest BCUT2D eigenvalue weighted by Gasteiger charge is 2.38. The van der Waals surface area contributed by atoms with Crippen LogP contribution in [-0.4, -0.2) is 67.1 Å². The minimum absolute atomic E-state index is 0.000380. The van der Waals surface area contributed by atoms with Gasteiger partial charge in [-0.1, -0.05) is 42.5 Å². The Morgan fingerprint density at radius 1 is 0.909 bits per heavy atom. The van der Waals surface area contributed by atoms with Crippen molar-refractivity contribution >= 4 is 21.8 Å². The molecule has 0 aromatic heterocycles. The first-order valence-corrected chi connectivity index (χ1v) is 12.9. The molecule has 0 radical (unpaired) electrons. The van der Waals surface area contributed by atoms with Crippen molar-refractivity contribution in [2.24, 2.45) is 0 Å². The zero-order valence-electron chi connectivity index (χ0n) is 19.2. The van der Waals surface area contributed by atoms with Crippen molar-refractivity contribution in [1.29, 1.82) is 0 Å². The normalized spacial score (nSPS) is 18.9. The van der Waals surface area contributed by atoms with Crippen LogP contribution in [0.25, 0.3) is 0 Å². The van der Waals surface area contributed by atoms with Crippen LogP contribution in [-0.2, 0) is 19.6 Å². The summed E-state index contributed by atoms with van der Waals surface area (Å²) < 4.78 is 28.0. The fourth-order valence-corrected chi connectivity index (χ4v) is 6.37. The molecular weight excluding hydrogens is 438 g/mol. The van der Waals surface area contributed by atoms with Gasteiger partial charge in [0.05, 0.1) is 4.90 Å². The van der Waals surface area contributed by atoms with Crippen LogP contribution in [0.2, 0.25) is 0 Å². The lowest BCUT2D eigenvalue weighted by Gasteiger charge is -2.40. The van der Waals surface area contributed by atoms with Gasteiger partial charge in [-0.25, -0.2) is 8.42 Å². The minimum atomic E-state index is -3.64. The molecule has 1 atom stereocenters. The number of sulfonamides is 1. The third-order valence-electron chi connectivity index (χ3n) is 6.53. The van der Waals surface area contributed by atoms with Gasteiger partial charge in [0.25, 0.3) is 0 Å². The zero-order chi connectivity index (χ0) is 23.6.